The van der Waals surface area contributed by atoms with Gasteiger partial charge in [0.15, 0.2) is 0 Å². The van der Waals surface area contributed by atoms with Crippen molar-refractivity contribution in [1.82, 2.24) is 0 Å². The van der Waals surface area contributed by atoms with E-state index in [0.717, 1.165) is 19.3 Å². The molecule has 0 spiro atoms. The van der Waals surface area contributed by atoms with Gasteiger partial charge < -0.3 is 18.9 Å². The Labute approximate surface area is 214 Å². The van der Waals surface area contributed by atoms with E-state index in [4.69, 9.17) is 18.9 Å². The summed E-state index contributed by atoms with van der Waals surface area (Å²) in [5, 5.41) is 0. The molecule has 5 rings (SSSR count). The molecule has 1 unspecified atom stereocenters. The van der Waals surface area contributed by atoms with Crippen LogP contribution in [0.2, 0.25) is 0 Å². The Morgan fingerprint density at radius 2 is 1.64 bits per heavy atom. The van der Waals surface area contributed by atoms with Crippen LogP contribution in [-0.4, -0.2) is 36.6 Å². The molecule has 0 amide bonds. The van der Waals surface area contributed by atoms with Crippen molar-refractivity contribution in [2.75, 3.05) is 0 Å². The number of esters is 3. The summed E-state index contributed by atoms with van der Waals surface area (Å²) in [6.45, 7) is 12.6. The van der Waals surface area contributed by atoms with Crippen LogP contribution < -0.4 is 0 Å². The van der Waals surface area contributed by atoms with E-state index < -0.39 is 30.6 Å². The van der Waals surface area contributed by atoms with Crippen LogP contribution in [0.4, 0.5) is 0 Å². The third-order valence-corrected chi connectivity index (χ3v) is 10.8. The Bertz CT molecular complexity index is 969. The zero-order valence-corrected chi connectivity index (χ0v) is 22.6. The van der Waals surface area contributed by atoms with Gasteiger partial charge >= 0.3 is 17.9 Å². The van der Waals surface area contributed by atoms with Gasteiger partial charge in [-0.3, -0.25) is 9.59 Å². The minimum atomic E-state index is -1.09. The molecule has 9 atom stereocenters. The largest absolute Gasteiger partial charge is 0.436 e. The Hall–Kier alpha value is -1.89. The minimum absolute atomic E-state index is 0.0724. The second kappa shape index (κ2) is 8.85. The molecule has 2 heterocycles. The fourth-order valence-corrected chi connectivity index (χ4v) is 9.55. The van der Waals surface area contributed by atoms with Gasteiger partial charge in [0, 0.05) is 31.4 Å². The monoisotopic (exact) mass is 502 g/mol. The van der Waals surface area contributed by atoms with Gasteiger partial charge in [-0.2, -0.15) is 0 Å². The van der Waals surface area contributed by atoms with E-state index in [9.17, 15) is 14.4 Å². The lowest BCUT2D eigenvalue weighted by Crippen LogP contribution is -2.62. The molecule has 0 radical (unpaired) electrons. The van der Waals surface area contributed by atoms with Crippen LogP contribution in [0.1, 0.15) is 92.9 Å². The summed E-state index contributed by atoms with van der Waals surface area (Å²) < 4.78 is 22.7. The van der Waals surface area contributed by atoms with Gasteiger partial charge in [-0.1, -0.05) is 34.1 Å². The van der Waals surface area contributed by atoms with Crippen LogP contribution in [-0.2, 0) is 33.3 Å². The number of ether oxygens (including phenoxy) is 4. The predicted octanol–water partition coefficient (Wildman–Crippen LogP) is 5.31. The van der Waals surface area contributed by atoms with Crippen molar-refractivity contribution >= 4 is 17.9 Å². The molecule has 3 aliphatic carbocycles. The summed E-state index contributed by atoms with van der Waals surface area (Å²) >= 11 is 0. The first-order valence-corrected chi connectivity index (χ1v) is 13.8. The molecule has 0 aromatic rings. The maximum atomic E-state index is 12.2. The standard InChI is InChI=1S/C29H42O7/c1-16(30)33-25-18-8-9-23-28(5,13-10-22-27(3,4)11-7-12-29(22,23)6)20(18)15-21(35-25)19-14-24(32)36-26(19)34-17(2)31/h14,18,20-23,25-26H,7-13,15H2,1-6H3/t18-,20+,21+,22?,23-,25-,26+,28-,29-/m0/s1. The van der Waals surface area contributed by atoms with Gasteiger partial charge in [0.1, 0.15) is 0 Å². The smallest absolute Gasteiger partial charge is 0.334 e. The molecule has 7 nitrogen and oxygen atoms in total. The SMILES string of the molecule is CC(=O)O[C@@H]1OC(=O)C=C1[C@H]1C[C@@H]2[C@H](CC[C@H]3[C@@]2(C)CCC2C(C)(C)CCC[C@@]23C)[C@@H](OC(C)=O)O1. The highest BCUT2D eigenvalue weighted by molar-refractivity contribution is 5.86. The van der Waals surface area contributed by atoms with Crippen molar-refractivity contribution in [3.8, 4) is 0 Å². The van der Waals surface area contributed by atoms with Crippen molar-refractivity contribution in [2.45, 2.75) is 112 Å². The molecular weight excluding hydrogens is 460 g/mol. The molecule has 2 aliphatic heterocycles. The Kier molecular flexibility index (Phi) is 6.33. The number of fused-ring (bicyclic) bond motifs is 5. The molecule has 0 aromatic carbocycles. The number of hydrogen-bond acceptors (Lipinski definition) is 7. The Morgan fingerprint density at radius 3 is 2.33 bits per heavy atom. The van der Waals surface area contributed by atoms with Crippen molar-refractivity contribution in [3.05, 3.63) is 11.6 Å². The maximum absolute atomic E-state index is 12.2. The third kappa shape index (κ3) is 4.10. The quantitative estimate of drug-likeness (QED) is 0.483. The topological polar surface area (TPSA) is 88.1 Å². The van der Waals surface area contributed by atoms with Gasteiger partial charge in [-0.25, -0.2) is 4.79 Å². The number of rotatable bonds is 3. The number of carbonyl (C=O) groups excluding carboxylic acids is 3. The van der Waals surface area contributed by atoms with E-state index >= 15 is 0 Å². The molecule has 3 saturated carbocycles. The van der Waals surface area contributed by atoms with Gasteiger partial charge in [0.05, 0.1) is 6.10 Å². The molecule has 200 valence electrons. The average Bonchev–Trinajstić information content (AvgIpc) is 3.11. The fourth-order valence-electron chi connectivity index (χ4n) is 9.55. The second-order valence-electron chi connectivity index (χ2n) is 13.2. The van der Waals surface area contributed by atoms with Crippen LogP contribution >= 0.6 is 0 Å². The average molecular weight is 503 g/mol. The molecule has 7 heteroatoms. The summed E-state index contributed by atoms with van der Waals surface area (Å²) in [6, 6.07) is 0. The number of hydrogen-bond donors (Lipinski definition) is 0. The lowest BCUT2D eigenvalue weighted by atomic mass is 9.38. The predicted molar refractivity (Wildman–Crippen MR) is 131 cm³/mol. The molecule has 0 aromatic heterocycles. The van der Waals surface area contributed by atoms with Crippen molar-refractivity contribution in [1.29, 1.82) is 0 Å². The van der Waals surface area contributed by atoms with Crippen molar-refractivity contribution in [3.63, 3.8) is 0 Å². The van der Waals surface area contributed by atoms with Crippen molar-refractivity contribution < 1.29 is 33.3 Å². The summed E-state index contributed by atoms with van der Waals surface area (Å²) in [6.07, 6.45) is 8.06. The molecular formula is C29H42O7. The van der Waals surface area contributed by atoms with Crippen LogP contribution in [0.5, 0.6) is 0 Å². The van der Waals surface area contributed by atoms with Crippen LogP contribution in [0.25, 0.3) is 0 Å². The van der Waals surface area contributed by atoms with Gasteiger partial charge in [0.25, 0.3) is 6.29 Å². The third-order valence-electron chi connectivity index (χ3n) is 10.8. The summed E-state index contributed by atoms with van der Waals surface area (Å²) in [7, 11) is 0. The summed E-state index contributed by atoms with van der Waals surface area (Å²) in [4.78, 5) is 35.9. The first kappa shape index (κ1) is 25.7. The van der Waals surface area contributed by atoms with Crippen molar-refractivity contribution in [2.24, 2.45) is 39.9 Å². The number of cyclic esters (lactones) is 1. The van der Waals surface area contributed by atoms with E-state index in [1.165, 1.54) is 45.6 Å². The van der Waals surface area contributed by atoms with Crippen LogP contribution in [0.15, 0.2) is 11.6 Å². The normalized spacial score (nSPS) is 45.3. The van der Waals surface area contributed by atoms with E-state index in [1.54, 1.807) is 0 Å². The fraction of sp³-hybridized carbons (Fsp3) is 0.828. The van der Waals surface area contributed by atoms with Gasteiger partial charge in [0.2, 0.25) is 6.29 Å². The highest BCUT2D eigenvalue weighted by atomic mass is 16.7. The second-order valence-corrected chi connectivity index (χ2v) is 13.2. The molecule has 0 bridgehead atoms. The van der Waals surface area contributed by atoms with E-state index in [1.807, 2.05) is 0 Å². The molecule has 1 saturated heterocycles. The summed E-state index contributed by atoms with van der Waals surface area (Å²) in [5.41, 5.74) is 1.22. The lowest BCUT2D eigenvalue weighted by Gasteiger charge is -2.67. The van der Waals surface area contributed by atoms with E-state index in [-0.39, 0.29) is 28.6 Å². The van der Waals surface area contributed by atoms with Gasteiger partial charge in [-0.15, -0.1) is 0 Å². The van der Waals surface area contributed by atoms with Crippen LogP contribution in [0.3, 0.4) is 0 Å². The first-order chi connectivity index (χ1) is 16.8. The zero-order valence-electron chi connectivity index (χ0n) is 22.6. The highest BCUT2D eigenvalue weighted by Gasteiger charge is 2.64. The summed E-state index contributed by atoms with van der Waals surface area (Å²) in [5.74, 6) is 0.218. The Morgan fingerprint density at radius 1 is 0.917 bits per heavy atom. The zero-order chi connectivity index (χ0) is 26.0. The molecule has 36 heavy (non-hydrogen) atoms. The molecule has 0 N–H and O–H groups in total. The Balaban J connectivity index is 1.49. The maximum Gasteiger partial charge on any atom is 0.334 e. The van der Waals surface area contributed by atoms with Gasteiger partial charge in [-0.05, 0) is 78.9 Å². The van der Waals surface area contributed by atoms with E-state index in [0.29, 0.717) is 29.2 Å². The minimum Gasteiger partial charge on any atom is -0.436 e. The molecule has 4 fully saturated rings. The van der Waals surface area contributed by atoms with Crippen LogP contribution in [0, 0.1) is 39.9 Å². The number of carbonyl (C=O) groups is 3. The first-order valence-electron chi connectivity index (χ1n) is 13.8. The van der Waals surface area contributed by atoms with E-state index in [2.05, 4.69) is 27.7 Å². The lowest BCUT2D eigenvalue weighted by molar-refractivity contribution is -0.270. The molecule has 5 aliphatic rings. The highest BCUT2D eigenvalue weighted by Crippen LogP contribution is 2.70.